The Morgan fingerprint density at radius 3 is 2.75 bits per heavy atom. The predicted octanol–water partition coefficient (Wildman–Crippen LogP) is 2.22. The Labute approximate surface area is 119 Å². The number of amides is 1. The lowest BCUT2D eigenvalue weighted by Gasteiger charge is -2.18. The third kappa shape index (κ3) is 3.38. The zero-order chi connectivity index (χ0) is 14.7. The molecule has 4 nitrogen and oxygen atoms in total. The summed E-state index contributed by atoms with van der Waals surface area (Å²) in [6.45, 7) is 3.98. The van der Waals surface area contributed by atoms with Gasteiger partial charge in [-0.25, -0.2) is 0 Å². The molecular weight excluding hydrogens is 254 g/mol. The van der Waals surface area contributed by atoms with Gasteiger partial charge in [0, 0.05) is 6.04 Å². The molecule has 0 aliphatic heterocycles. The van der Waals surface area contributed by atoms with E-state index >= 15 is 0 Å². The number of rotatable bonds is 4. The van der Waals surface area contributed by atoms with Crippen LogP contribution < -0.4 is 5.32 Å². The molecule has 0 heterocycles. The minimum Gasteiger partial charge on any atom is -0.481 e. The summed E-state index contributed by atoms with van der Waals surface area (Å²) in [5.74, 6) is -1.33. The fourth-order valence-electron chi connectivity index (χ4n) is 2.85. The standard InChI is InChI=1S/C16H21NO3/c1-10-6-7-11(2)12(8-10)9-15(18)17-14-5-3-4-13(14)16(19)20/h6-8,13-14H,3-5,9H2,1-2H3,(H,17,18)(H,19,20)/t13-,14-/m0/s1. The van der Waals surface area contributed by atoms with Crippen molar-refractivity contribution in [3.05, 3.63) is 34.9 Å². The minimum absolute atomic E-state index is 0.0862. The lowest BCUT2D eigenvalue weighted by Crippen LogP contribution is -2.40. The molecule has 0 saturated heterocycles. The van der Waals surface area contributed by atoms with Crippen LogP contribution in [0.2, 0.25) is 0 Å². The summed E-state index contributed by atoms with van der Waals surface area (Å²) in [5.41, 5.74) is 3.22. The number of carboxylic acids is 1. The first-order valence-electron chi connectivity index (χ1n) is 7.05. The van der Waals surface area contributed by atoms with Crippen LogP contribution in [0, 0.1) is 19.8 Å². The lowest BCUT2D eigenvalue weighted by molar-refractivity contribution is -0.142. The average molecular weight is 275 g/mol. The summed E-state index contributed by atoms with van der Waals surface area (Å²) >= 11 is 0. The quantitative estimate of drug-likeness (QED) is 0.885. The second kappa shape index (κ2) is 6.07. The normalized spacial score (nSPS) is 21.7. The maximum Gasteiger partial charge on any atom is 0.308 e. The molecule has 2 atom stereocenters. The van der Waals surface area contributed by atoms with Gasteiger partial charge in [-0.15, -0.1) is 0 Å². The number of aryl methyl sites for hydroxylation is 2. The zero-order valence-corrected chi connectivity index (χ0v) is 12.0. The molecule has 1 aromatic carbocycles. The number of hydrogen-bond donors (Lipinski definition) is 2. The van der Waals surface area contributed by atoms with Crippen molar-refractivity contribution in [3.63, 3.8) is 0 Å². The summed E-state index contributed by atoms with van der Waals surface area (Å²) in [5, 5.41) is 12.0. The van der Waals surface area contributed by atoms with Crippen molar-refractivity contribution in [3.8, 4) is 0 Å². The highest BCUT2D eigenvalue weighted by Gasteiger charge is 2.33. The van der Waals surface area contributed by atoms with Gasteiger partial charge >= 0.3 is 5.97 Å². The monoisotopic (exact) mass is 275 g/mol. The smallest absolute Gasteiger partial charge is 0.308 e. The van der Waals surface area contributed by atoms with Gasteiger partial charge < -0.3 is 10.4 Å². The largest absolute Gasteiger partial charge is 0.481 e. The van der Waals surface area contributed by atoms with Crippen LogP contribution >= 0.6 is 0 Å². The molecule has 0 radical (unpaired) electrons. The Morgan fingerprint density at radius 1 is 1.30 bits per heavy atom. The number of aliphatic carboxylic acids is 1. The molecule has 4 heteroatoms. The number of hydrogen-bond acceptors (Lipinski definition) is 2. The van der Waals surface area contributed by atoms with Gasteiger partial charge in [0.25, 0.3) is 0 Å². The van der Waals surface area contributed by atoms with Crippen LogP contribution in [-0.2, 0) is 16.0 Å². The maximum absolute atomic E-state index is 12.1. The SMILES string of the molecule is Cc1ccc(C)c(CC(=O)N[C@H]2CCC[C@@H]2C(=O)O)c1. The van der Waals surface area contributed by atoms with Crippen LogP contribution in [-0.4, -0.2) is 23.0 Å². The molecular formula is C16H21NO3. The number of carboxylic acid groups (broad SMARTS) is 1. The fourth-order valence-corrected chi connectivity index (χ4v) is 2.85. The Morgan fingerprint density at radius 2 is 2.05 bits per heavy atom. The average Bonchev–Trinajstić information content (AvgIpc) is 2.82. The van der Waals surface area contributed by atoms with E-state index in [2.05, 4.69) is 5.32 Å². The lowest BCUT2D eigenvalue weighted by atomic mass is 10.0. The summed E-state index contributed by atoms with van der Waals surface area (Å²) in [4.78, 5) is 23.2. The van der Waals surface area contributed by atoms with Crippen LogP contribution in [0.5, 0.6) is 0 Å². The molecule has 1 saturated carbocycles. The highest BCUT2D eigenvalue weighted by molar-refractivity contribution is 5.80. The molecule has 0 unspecified atom stereocenters. The first-order chi connectivity index (χ1) is 9.47. The zero-order valence-electron chi connectivity index (χ0n) is 12.0. The molecule has 2 N–H and O–H groups in total. The fraction of sp³-hybridized carbons (Fsp3) is 0.500. The van der Waals surface area contributed by atoms with Crippen molar-refractivity contribution in [1.82, 2.24) is 5.32 Å². The highest BCUT2D eigenvalue weighted by Crippen LogP contribution is 2.26. The van der Waals surface area contributed by atoms with E-state index in [-0.39, 0.29) is 11.9 Å². The second-order valence-corrected chi connectivity index (χ2v) is 5.66. The molecule has 1 aromatic rings. The molecule has 1 aliphatic rings. The number of benzene rings is 1. The summed E-state index contributed by atoms with van der Waals surface area (Å²) in [6, 6.07) is 5.82. The second-order valence-electron chi connectivity index (χ2n) is 5.66. The van der Waals surface area contributed by atoms with Crippen molar-refractivity contribution in [2.24, 2.45) is 5.92 Å². The molecule has 2 rings (SSSR count). The van der Waals surface area contributed by atoms with Crippen molar-refractivity contribution in [2.45, 2.75) is 45.6 Å². The van der Waals surface area contributed by atoms with Gasteiger partial charge in [0.1, 0.15) is 0 Å². The molecule has 108 valence electrons. The van der Waals surface area contributed by atoms with Gasteiger partial charge in [-0.1, -0.05) is 30.2 Å². The molecule has 0 spiro atoms. The van der Waals surface area contributed by atoms with Gasteiger partial charge in [0.05, 0.1) is 12.3 Å². The summed E-state index contributed by atoms with van der Waals surface area (Å²) < 4.78 is 0. The Kier molecular flexibility index (Phi) is 4.42. The Bertz CT molecular complexity index is 524. The van der Waals surface area contributed by atoms with E-state index in [1.807, 2.05) is 32.0 Å². The molecule has 1 amide bonds. The van der Waals surface area contributed by atoms with Gasteiger partial charge in [-0.2, -0.15) is 0 Å². The van der Waals surface area contributed by atoms with Crippen molar-refractivity contribution in [1.29, 1.82) is 0 Å². The van der Waals surface area contributed by atoms with Crippen LogP contribution in [0.15, 0.2) is 18.2 Å². The maximum atomic E-state index is 12.1. The van der Waals surface area contributed by atoms with E-state index in [1.165, 1.54) is 0 Å². The van der Waals surface area contributed by atoms with Crippen molar-refractivity contribution in [2.75, 3.05) is 0 Å². The van der Waals surface area contributed by atoms with Crippen LogP contribution in [0.1, 0.15) is 36.0 Å². The minimum atomic E-state index is -0.806. The van der Waals surface area contributed by atoms with Crippen molar-refractivity contribution < 1.29 is 14.7 Å². The van der Waals surface area contributed by atoms with Crippen LogP contribution in [0.4, 0.5) is 0 Å². The predicted molar refractivity (Wildman–Crippen MR) is 76.5 cm³/mol. The van der Waals surface area contributed by atoms with E-state index < -0.39 is 11.9 Å². The van der Waals surface area contributed by atoms with E-state index in [1.54, 1.807) is 0 Å². The van der Waals surface area contributed by atoms with Gasteiger partial charge in [0.15, 0.2) is 0 Å². The van der Waals surface area contributed by atoms with E-state index in [4.69, 9.17) is 5.11 Å². The molecule has 0 bridgehead atoms. The Hall–Kier alpha value is -1.84. The number of nitrogens with one attached hydrogen (secondary N) is 1. The number of carbonyl (C=O) groups excluding carboxylic acids is 1. The van der Waals surface area contributed by atoms with Gasteiger partial charge in [0.2, 0.25) is 5.91 Å². The third-order valence-corrected chi connectivity index (χ3v) is 4.04. The Balaban J connectivity index is 1.99. The van der Waals surface area contributed by atoms with Gasteiger partial charge in [-0.3, -0.25) is 9.59 Å². The van der Waals surface area contributed by atoms with E-state index in [0.717, 1.165) is 29.5 Å². The molecule has 1 aliphatic carbocycles. The summed E-state index contributed by atoms with van der Waals surface area (Å²) in [6.07, 6.45) is 2.60. The van der Waals surface area contributed by atoms with E-state index in [9.17, 15) is 9.59 Å². The molecule has 0 aromatic heterocycles. The first-order valence-corrected chi connectivity index (χ1v) is 7.05. The van der Waals surface area contributed by atoms with Crippen LogP contribution in [0.25, 0.3) is 0 Å². The van der Waals surface area contributed by atoms with E-state index in [0.29, 0.717) is 12.8 Å². The van der Waals surface area contributed by atoms with Crippen LogP contribution in [0.3, 0.4) is 0 Å². The highest BCUT2D eigenvalue weighted by atomic mass is 16.4. The topological polar surface area (TPSA) is 66.4 Å². The first kappa shape index (κ1) is 14.6. The molecule has 1 fully saturated rings. The summed E-state index contributed by atoms with van der Waals surface area (Å²) in [7, 11) is 0. The van der Waals surface area contributed by atoms with Gasteiger partial charge in [-0.05, 0) is 37.8 Å². The van der Waals surface area contributed by atoms with Crippen molar-refractivity contribution >= 4 is 11.9 Å². The third-order valence-electron chi connectivity index (χ3n) is 4.04. The molecule has 20 heavy (non-hydrogen) atoms. The number of carbonyl (C=O) groups is 2.